The molecule has 0 aromatic carbocycles. The van der Waals surface area contributed by atoms with E-state index in [1.54, 1.807) is 0 Å². The summed E-state index contributed by atoms with van der Waals surface area (Å²) in [5.74, 6) is 1.88. The molecule has 1 aromatic rings. The van der Waals surface area contributed by atoms with Gasteiger partial charge in [0.2, 0.25) is 0 Å². The molecular weight excluding hydrogens is 260 g/mol. The highest BCUT2D eigenvalue weighted by Gasteiger charge is 2.34. The summed E-state index contributed by atoms with van der Waals surface area (Å²) in [6.45, 7) is 7.47. The minimum atomic E-state index is 0.348. The lowest BCUT2D eigenvalue weighted by molar-refractivity contribution is 0.0586. The zero-order valence-corrected chi connectivity index (χ0v) is 13.5. The normalized spacial score (nSPS) is 28.6. The van der Waals surface area contributed by atoms with E-state index in [9.17, 15) is 0 Å². The van der Waals surface area contributed by atoms with Crippen LogP contribution < -0.4 is 5.73 Å². The molecule has 3 unspecified atom stereocenters. The molecular formula is C17H30N4. The summed E-state index contributed by atoms with van der Waals surface area (Å²) in [6.07, 6.45) is 11.3. The predicted octanol–water partition coefficient (Wildman–Crippen LogP) is 2.98. The highest BCUT2D eigenvalue weighted by atomic mass is 15.3. The fourth-order valence-electron chi connectivity index (χ4n) is 4.22. The third-order valence-electron chi connectivity index (χ3n) is 5.52. The first-order valence-corrected chi connectivity index (χ1v) is 8.67. The number of nitrogens with two attached hydrogens (primary N) is 1. The molecule has 2 heterocycles. The fraction of sp³-hybridized carbons (Fsp3) is 0.824. The third kappa shape index (κ3) is 3.16. The van der Waals surface area contributed by atoms with E-state index in [-0.39, 0.29) is 0 Å². The average Bonchev–Trinajstić information content (AvgIpc) is 2.98. The van der Waals surface area contributed by atoms with Crippen molar-refractivity contribution in [3.05, 3.63) is 18.0 Å². The summed E-state index contributed by atoms with van der Waals surface area (Å²) in [5, 5.41) is 4.50. The molecule has 2 aliphatic rings. The van der Waals surface area contributed by atoms with Gasteiger partial charge in [0, 0.05) is 30.9 Å². The molecule has 2 N–H and O–H groups in total. The molecule has 0 bridgehead atoms. The predicted molar refractivity (Wildman–Crippen MR) is 86.0 cm³/mol. The van der Waals surface area contributed by atoms with Gasteiger partial charge in [-0.15, -0.1) is 0 Å². The Kier molecular flexibility index (Phi) is 4.65. The minimum Gasteiger partial charge on any atom is -0.329 e. The van der Waals surface area contributed by atoms with E-state index in [4.69, 9.17) is 5.73 Å². The van der Waals surface area contributed by atoms with Crippen molar-refractivity contribution in [1.29, 1.82) is 0 Å². The van der Waals surface area contributed by atoms with Crippen LogP contribution in [0.2, 0.25) is 0 Å². The standard InChI is InChI=1S/C17H30N4/c1-13(2)21-12-16(10-19-21)17(9-18)20-8-7-14-5-3-4-6-15(14)11-20/h10,12-15,17H,3-9,11,18H2,1-2H3. The van der Waals surface area contributed by atoms with E-state index >= 15 is 0 Å². The van der Waals surface area contributed by atoms with E-state index in [1.807, 2.05) is 10.9 Å². The van der Waals surface area contributed by atoms with Crippen LogP contribution in [0.25, 0.3) is 0 Å². The molecule has 1 aliphatic heterocycles. The lowest BCUT2D eigenvalue weighted by Crippen LogP contribution is -2.45. The van der Waals surface area contributed by atoms with Crippen molar-refractivity contribution in [3.63, 3.8) is 0 Å². The third-order valence-corrected chi connectivity index (χ3v) is 5.52. The average molecular weight is 290 g/mol. The van der Waals surface area contributed by atoms with E-state index in [1.165, 1.54) is 50.8 Å². The first-order chi connectivity index (χ1) is 10.2. The van der Waals surface area contributed by atoms with Crippen LogP contribution in [0.15, 0.2) is 12.4 Å². The molecule has 21 heavy (non-hydrogen) atoms. The van der Waals surface area contributed by atoms with E-state index in [0.717, 1.165) is 11.8 Å². The van der Waals surface area contributed by atoms with Gasteiger partial charge in [0.15, 0.2) is 0 Å². The number of piperidine rings is 1. The second-order valence-electron chi connectivity index (χ2n) is 7.19. The van der Waals surface area contributed by atoms with Crippen molar-refractivity contribution in [2.75, 3.05) is 19.6 Å². The zero-order chi connectivity index (χ0) is 14.8. The molecule has 0 radical (unpaired) electrons. The van der Waals surface area contributed by atoms with Crippen LogP contribution in [0.3, 0.4) is 0 Å². The van der Waals surface area contributed by atoms with Gasteiger partial charge in [-0.1, -0.05) is 19.3 Å². The Morgan fingerprint density at radius 2 is 2.00 bits per heavy atom. The Bertz CT molecular complexity index is 453. The second-order valence-corrected chi connectivity index (χ2v) is 7.19. The molecule has 3 atom stereocenters. The van der Waals surface area contributed by atoms with Crippen molar-refractivity contribution < 1.29 is 0 Å². The van der Waals surface area contributed by atoms with Gasteiger partial charge < -0.3 is 5.73 Å². The molecule has 2 fully saturated rings. The molecule has 0 spiro atoms. The van der Waals surface area contributed by atoms with E-state index < -0.39 is 0 Å². The van der Waals surface area contributed by atoms with Gasteiger partial charge in [-0.25, -0.2) is 0 Å². The van der Waals surface area contributed by atoms with E-state index in [2.05, 4.69) is 30.0 Å². The molecule has 1 saturated heterocycles. The van der Waals surface area contributed by atoms with Crippen LogP contribution in [0, 0.1) is 11.8 Å². The van der Waals surface area contributed by atoms with Crippen molar-refractivity contribution in [2.45, 2.75) is 58.0 Å². The summed E-state index contributed by atoms with van der Waals surface area (Å²) in [7, 11) is 0. The van der Waals surface area contributed by atoms with Gasteiger partial charge in [0.1, 0.15) is 0 Å². The second kappa shape index (κ2) is 6.49. The van der Waals surface area contributed by atoms with Gasteiger partial charge in [-0.2, -0.15) is 5.10 Å². The van der Waals surface area contributed by atoms with Crippen LogP contribution in [-0.4, -0.2) is 34.3 Å². The SMILES string of the molecule is CC(C)n1cc(C(CN)N2CCC3CCCCC3C2)cn1. The first-order valence-electron chi connectivity index (χ1n) is 8.67. The van der Waals surface area contributed by atoms with Gasteiger partial charge in [-0.05, 0) is 45.1 Å². The molecule has 1 aliphatic carbocycles. The summed E-state index contributed by atoms with van der Waals surface area (Å²) < 4.78 is 2.05. The lowest BCUT2D eigenvalue weighted by atomic mass is 9.74. The number of rotatable bonds is 4. The maximum absolute atomic E-state index is 6.11. The minimum absolute atomic E-state index is 0.348. The summed E-state index contributed by atoms with van der Waals surface area (Å²) in [6, 6.07) is 0.765. The highest BCUT2D eigenvalue weighted by Crippen LogP contribution is 2.38. The Labute approximate surface area is 128 Å². The fourth-order valence-corrected chi connectivity index (χ4v) is 4.22. The van der Waals surface area contributed by atoms with E-state index in [0.29, 0.717) is 18.6 Å². The van der Waals surface area contributed by atoms with Crippen molar-refractivity contribution >= 4 is 0 Å². The smallest absolute Gasteiger partial charge is 0.0538 e. The summed E-state index contributed by atoms with van der Waals surface area (Å²) in [5.41, 5.74) is 7.40. The summed E-state index contributed by atoms with van der Waals surface area (Å²) >= 11 is 0. The molecule has 4 heteroatoms. The van der Waals surface area contributed by atoms with Crippen LogP contribution in [0.4, 0.5) is 0 Å². The molecule has 0 amide bonds. The largest absolute Gasteiger partial charge is 0.329 e. The van der Waals surface area contributed by atoms with Crippen LogP contribution >= 0.6 is 0 Å². The Balaban J connectivity index is 1.70. The Hall–Kier alpha value is -0.870. The molecule has 4 nitrogen and oxygen atoms in total. The quantitative estimate of drug-likeness (QED) is 0.927. The van der Waals surface area contributed by atoms with Gasteiger partial charge in [0.25, 0.3) is 0 Å². The highest BCUT2D eigenvalue weighted by molar-refractivity contribution is 5.12. The number of hydrogen-bond acceptors (Lipinski definition) is 3. The lowest BCUT2D eigenvalue weighted by Gasteiger charge is -2.44. The maximum atomic E-state index is 6.11. The van der Waals surface area contributed by atoms with Crippen molar-refractivity contribution in [3.8, 4) is 0 Å². The Morgan fingerprint density at radius 3 is 2.67 bits per heavy atom. The number of hydrogen-bond donors (Lipinski definition) is 1. The monoisotopic (exact) mass is 290 g/mol. The summed E-state index contributed by atoms with van der Waals surface area (Å²) in [4.78, 5) is 2.62. The number of likely N-dealkylation sites (tertiary alicyclic amines) is 1. The topological polar surface area (TPSA) is 47.1 Å². The Morgan fingerprint density at radius 1 is 1.24 bits per heavy atom. The molecule has 118 valence electrons. The number of aromatic nitrogens is 2. The van der Waals surface area contributed by atoms with Crippen molar-refractivity contribution in [1.82, 2.24) is 14.7 Å². The number of fused-ring (bicyclic) bond motifs is 1. The molecule has 3 rings (SSSR count). The van der Waals surface area contributed by atoms with Crippen molar-refractivity contribution in [2.24, 2.45) is 17.6 Å². The van der Waals surface area contributed by atoms with Gasteiger partial charge in [-0.3, -0.25) is 9.58 Å². The molecule has 1 aromatic heterocycles. The molecule has 1 saturated carbocycles. The van der Waals surface area contributed by atoms with Gasteiger partial charge in [0.05, 0.1) is 12.2 Å². The van der Waals surface area contributed by atoms with Crippen LogP contribution in [-0.2, 0) is 0 Å². The number of nitrogens with zero attached hydrogens (tertiary/aromatic N) is 3. The zero-order valence-electron chi connectivity index (χ0n) is 13.5. The van der Waals surface area contributed by atoms with Gasteiger partial charge >= 0.3 is 0 Å². The van der Waals surface area contributed by atoms with Crippen LogP contribution in [0.1, 0.15) is 63.6 Å². The van der Waals surface area contributed by atoms with Crippen LogP contribution in [0.5, 0.6) is 0 Å². The first kappa shape index (κ1) is 15.0. The maximum Gasteiger partial charge on any atom is 0.0538 e.